The van der Waals surface area contributed by atoms with Crippen molar-refractivity contribution in [2.75, 3.05) is 7.11 Å². The van der Waals surface area contributed by atoms with E-state index in [-0.39, 0.29) is 0 Å². The van der Waals surface area contributed by atoms with Crippen LogP contribution in [0.1, 0.15) is 44.2 Å². The van der Waals surface area contributed by atoms with Gasteiger partial charge in [-0.05, 0) is 49.7 Å². The summed E-state index contributed by atoms with van der Waals surface area (Å²) in [5.41, 5.74) is 3.91. The number of ether oxygens (including phenoxy) is 1. The number of allylic oxidation sites excluding steroid dienone is 3. The first-order valence-electron chi connectivity index (χ1n) is 7.53. The summed E-state index contributed by atoms with van der Waals surface area (Å²) in [4.78, 5) is 0. The van der Waals surface area contributed by atoms with Crippen LogP contribution in [-0.4, -0.2) is 7.11 Å². The van der Waals surface area contributed by atoms with Gasteiger partial charge in [0, 0.05) is 7.11 Å². The minimum absolute atomic E-state index is 0.646. The fourth-order valence-corrected chi connectivity index (χ4v) is 2.38. The fourth-order valence-electron chi connectivity index (χ4n) is 2.38. The van der Waals surface area contributed by atoms with Gasteiger partial charge in [-0.15, -0.1) is 6.58 Å². The topological polar surface area (TPSA) is 9.23 Å². The molecule has 0 bridgehead atoms. The van der Waals surface area contributed by atoms with Gasteiger partial charge in [0.05, 0.1) is 6.61 Å². The van der Waals surface area contributed by atoms with Crippen molar-refractivity contribution in [1.29, 1.82) is 0 Å². The number of aryl methyl sites for hydroxylation is 1. The highest BCUT2D eigenvalue weighted by Crippen LogP contribution is 2.16. The molecule has 1 heteroatoms. The molecule has 0 fully saturated rings. The van der Waals surface area contributed by atoms with Crippen molar-refractivity contribution in [2.45, 2.75) is 46.1 Å². The Balaban J connectivity index is 2.42. The Morgan fingerprint density at radius 2 is 2.10 bits per heavy atom. The van der Waals surface area contributed by atoms with Gasteiger partial charge in [-0.25, -0.2) is 0 Å². The molecule has 20 heavy (non-hydrogen) atoms. The van der Waals surface area contributed by atoms with E-state index in [4.69, 9.17) is 4.74 Å². The van der Waals surface area contributed by atoms with Gasteiger partial charge >= 0.3 is 0 Å². The molecular formula is C19H28O. The average molecular weight is 272 g/mol. The van der Waals surface area contributed by atoms with E-state index in [0.717, 1.165) is 19.3 Å². The van der Waals surface area contributed by atoms with Crippen LogP contribution in [0, 0.1) is 5.92 Å². The van der Waals surface area contributed by atoms with Crippen LogP contribution in [0.15, 0.2) is 48.6 Å². The summed E-state index contributed by atoms with van der Waals surface area (Å²) in [6, 6.07) is 8.66. The van der Waals surface area contributed by atoms with Gasteiger partial charge in [-0.1, -0.05) is 48.9 Å². The molecule has 0 aliphatic carbocycles. The molecule has 0 N–H and O–H groups in total. The third kappa shape index (κ3) is 6.72. The lowest BCUT2D eigenvalue weighted by molar-refractivity contribution is 0.185. The number of methoxy groups -OCH3 is 1. The van der Waals surface area contributed by atoms with Crippen molar-refractivity contribution in [1.82, 2.24) is 0 Å². The van der Waals surface area contributed by atoms with E-state index in [9.17, 15) is 0 Å². The highest BCUT2D eigenvalue weighted by atomic mass is 16.5. The van der Waals surface area contributed by atoms with Crippen LogP contribution in [0.5, 0.6) is 0 Å². The summed E-state index contributed by atoms with van der Waals surface area (Å²) in [5, 5.41) is 0. The molecular weight excluding hydrogens is 244 g/mol. The Morgan fingerprint density at radius 1 is 1.35 bits per heavy atom. The summed E-state index contributed by atoms with van der Waals surface area (Å²) >= 11 is 0. The molecule has 1 atom stereocenters. The lowest BCUT2D eigenvalue weighted by Crippen LogP contribution is -1.95. The van der Waals surface area contributed by atoms with Gasteiger partial charge in [0.2, 0.25) is 0 Å². The predicted molar refractivity (Wildman–Crippen MR) is 87.8 cm³/mol. The Kier molecular flexibility index (Phi) is 7.98. The second kappa shape index (κ2) is 9.55. The quantitative estimate of drug-likeness (QED) is 0.553. The summed E-state index contributed by atoms with van der Waals surface area (Å²) in [7, 11) is 1.74. The molecule has 1 rings (SSSR count). The minimum atomic E-state index is 0.646. The Bertz CT molecular complexity index is 431. The minimum Gasteiger partial charge on any atom is -0.380 e. The molecule has 1 aromatic carbocycles. The molecule has 1 aromatic rings. The Hall–Kier alpha value is -1.34. The van der Waals surface area contributed by atoms with Gasteiger partial charge in [0.1, 0.15) is 0 Å². The average Bonchev–Trinajstić information content (AvgIpc) is 2.42. The van der Waals surface area contributed by atoms with E-state index in [1.54, 1.807) is 7.11 Å². The molecule has 0 aliphatic heterocycles. The van der Waals surface area contributed by atoms with E-state index in [0.29, 0.717) is 12.5 Å². The van der Waals surface area contributed by atoms with Gasteiger partial charge in [-0.2, -0.15) is 0 Å². The van der Waals surface area contributed by atoms with Crippen molar-refractivity contribution in [3.05, 3.63) is 59.7 Å². The Labute approximate surface area is 124 Å². The molecule has 0 amide bonds. The molecule has 0 saturated carbocycles. The fraction of sp³-hybridized carbons (Fsp3) is 0.474. The molecule has 110 valence electrons. The van der Waals surface area contributed by atoms with Crippen molar-refractivity contribution in [3.8, 4) is 0 Å². The molecule has 0 aliphatic rings. The SMILES string of the molecule is C=C(C)CC(/C=C/CCc1cccc(COC)c1)CC. The monoisotopic (exact) mass is 272 g/mol. The molecule has 0 saturated heterocycles. The van der Waals surface area contributed by atoms with Crippen LogP contribution in [0.3, 0.4) is 0 Å². The van der Waals surface area contributed by atoms with Gasteiger partial charge in [0.15, 0.2) is 0 Å². The number of benzene rings is 1. The molecule has 1 unspecified atom stereocenters. The standard InChI is InChI=1S/C19H28O/c1-5-17(13-16(2)3)9-6-7-10-18-11-8-12-19(14-18)15-20-4/h6,8-9,11-12,14,17H,2,5,7,10,13,15H2,1,3-4H3/b9-6+. The highest BCUT2D eigenvalue weighted by molar-refractivity contribution is 5.23. The van der Waals surface area contributed by atoms with Gasteiger partial charge < -0.3 is 4.74 Å². The zero-order valence-corrected chi connectivity index (χ0v) is 13.2. The van der Waals surface area contributed by atoms with Crippen LogP contribution >= 0.6 is 0 Å². The molecule has 0 heterocycles. The van der Waals surface area contributed by atoms with Gasteiger partial charge in [0.25, 0.3) is 0 Å². The second-order valence-electron chi connectivity index (χ2n) is 5.55. The summed E-state index contributed by atoms with van der Waals surface area (Å²) in [6.45, 7) is 9.05. The Morgan fingerprint density at radius 3 is 2.75 bits per heavy atom. The molecule has 0 radical (unpaired) electrons. The van der Waals surface area contributed by atoms with Crippen LogP contribution in [0.2, 0.25) is 0 Å². The normalized spacial score (nSPS) is 12.8. The maximum absolute atomic E-state index is 5.17. The van der Waals surface area contributed by atoms with E-state index >= 15 is 0 Å². The summed E-state index contributed by atoms with van der Waals surface area (Å²) in [6.07, 6.45) is 9.16. The van der Waals surface area contributed by atoms with Crippen molar-refractivity contribution < 1.29 is 4.74 Å². The summed E-state index contributed by atoms with van der Waals surface area (Å²) in [5.74, 6) is 0.646. The number of hydrogen-bond acceptors (Lipinski definition) is 1. The van der Waals surface area contributed by atoms with Crippen LogP contribution < -0.4 is 0 Å². The predicted octanol–water partition coefficient (Wildman–Crippen LogP) is 5.31. The van der Waals surface area contributed by atoms with Crippen LogP contribution in [-0.2, 0) is 17.8 Å². The maximum Gasteiger partial charge on any atom is 0.0713 e. The molecule has 0 spiro atoms. The highest BCUT2D eigenvalue weighted by Gasteiger charge is 2.01. The van der Waals surface area contributed by atoms with Crippen LogP contribution in [0.25, 0.3) is 0 Å². The first-order chi connectivity index (χ1) is 9.65. The molecule has 1 nitrogen and oxygen atoms in total. The van der Waals surface area contributed by atoms with E-state index in [1.807, 2.05) is 0 Å². The molecule has 0 aromatic heterocycles. The van der Waals surface area contributed by atoms with Gasteiger partial charge in [-0.3, -0.25) is 0 Å². The van der Waals surface area contributed by atoms with Crippen molar-refractivity contribution >= 4 is 0 Å². The van der Waals surface area contributed by atoms with Crippen molar-refractivity contribution in [2.24, 2.45) is 5.92 Å². The van der Waals surface area contributed by atoms with Crippen LogP contribution in [0.4, 0.5) is 0 Å². The second-order valence-corrected chi connectivity index (χ2v) is 5.55. The third-order valence-corrected chi connectivity index (χ3v) is 3.45. The lowest BCUT2D eigenvalue weighted by Gasteiger charge is -2.09. The first-order valence-corrected chi connectivity index (χ1v) is 7.53. The van der Waals surface area contributed by atoms with E-state index in [2.05, 4.69) is 56.8 Å². The largest absolute Gasteiger partial charge is 0.380 e. The zero-order valence-electron chi connectivity index (χ0n) is 13.2. The smallest absolute Gasteiger partial charge is 0.0713 e. The van der Waals surface area contributed by atoms with E-state index in [1.165, 1.54) is 23.1 Å². The van der Waals surface area contributed by atoms with Crippen molar-refractivity contribution in [3.63, 3.8) is 0 Å². The lowest BCUT2D eigenvalue weighted by atomic mass is 9.97. The third-order valence-electron chi connectivity index (χ3n) is 3.45. The maximum atomic E-state index is 5.17. The summed E-state index contributed by atoms with van der Waals surface area (Å²) < 4.78 is 5.17. The number of hydrogen-bond donors (Lipinski definition) is 0. The first kappa shape index (κ1) is 16.7. The van der Waals surface area contributed by atoms with E-state index < -0.39 is 0 Å². The zero-order chi connectivity index (χ0) is 14.8. The number of rotatable bonds is 9.